The van der Waals surface area contributed by atoms with Crippen LogP contribution in [0.25, 0.3) is 0 Å². The molecule has 1 aromatic carbocycles. The van der Waals surface area contributed by atoms with Crippen molar-refractivity contribution in [1.29, 1.82) is 0 Å². The standard InChI is InChI=1S/C12H16F2N2O/c1-6-4-11(14)9(5-10(6)13)7(2)16-8(3)12(15)17/h4-5,7-8,16H,1-3H3,(H2,15,17). The molecule has 0 aliphatic carbocycles. The first-order chi connectivity index (χ1) is 7.82. The second-order valence-electron chi connectivity index (χ2n) is 4.14. The van der Waals surface area contributed by atoms with E-state index >= 15 is 0 Å². The number of halogens is 2. The van der Waals surface area contributed by atoms with Gasteiger partial charge in [0.25, 0.3) is 0 Å². The van der Waals surface area contributed by atoms with E-state index in [1.807, 2.05) is 0 Å². The molecule has 0 aliphatic heterocycles. The lowest BCUT2D eigenvalue weighted by Gasteiger charge is -2.19. The summed E-state index contributed by atoms with van der Waals surface area (Å²) < 4.78 is 26.9. The topological polar surface area (TPSA) is 55.1 Å². The van der Waals surface area contributed by atoms with Gasteiger partial charge in [-0.3, -0.25) is 10.1 Å². The lowest BCUT2D eigenvalue weighted by molar-refractivity contribution is -0.119. The van der Waals surface area contributed by atoms with Gasteiger partial charge in [0.2, 0.25) is 5.91 Å². The average Bonchev–Trinajstić information content (AvgIpc) is 2.22. The van der Waals surface area contributed by atoms with E-state index < -0.39 is 29.6 Å². The molecule has 1 amide bonds. The van der Waals surface area contributed by atoms with Gasteiger partial charge in [0.15, 0.2) is 0 Å². The predicted molar refractivity (Wildman–Crippen MR) is 61.3 cm³/mol. The SMILES string of the molecule is Cc1cc(F)c(C(C)NC(C)C(N)=O)cc1F. The summed E-state index contributed by atoms with van der Waals surface area (Å²) in [6, 6.07) is 1.18. The van der Waals surface area contributed by atoms with Gasteiger partial charge in [-0.1, -0.05) is 0 Å². The van der Waals surface area contributed by atoms with Gasteiger partial charge in [-0.05, 0) is 38.5 Å². The maximum atomic E-state index is 13.6. The Morgan fingerprint density at radius 2 is 1.88 bits per heavy atom. The van der Waals surface area contributed by atoms with Crippen molar-refractivity contribution >= 4 is 5.91 Å². The third kappa shape index (κ3) is 3.23. The van der Waals surface area contributed by atoms with Gasteiger partial charge in [0.05, 0.1) is 6.04 Å². The molecule has 0 spiro atoms. The first-order valence-electron chi connectivity index (χ1n) is 5.33. The molecule has 3 nitrogen and oxygen atoms in total. The van der Waals surface area contributed by atoms with E-state index in [4.69, 9.17) is 5.73 Å². The van der Waals surface area contributed by atoms with Crippen molar-refractivity contribution in [1.82, 2.24) is 5.32 Å². The van der Waals surface area contributed by atoms with Crippen LogP contribution < -0.4 is 11.1 Å². The van der Waals surface area contributed by atoms with Gasteiger partial charge in [-0.15, -0.1) is 0 Å². The summed E-state index contributed by atoms with van der Waals surface area (Å²) in [5.41, 5.74) is 5.52. The first kappa shape index (κ1) is 13.6. The zero-order chi connectivity index (χ0) is 13.2. The number of nitrogens with two attached hydrogens (primary N) is 1. The monoisotopic (exact) mass is 242 g/mol. The second-order valence-corrected chi connectivity index (χ2v) is 4.14. The number of benzene rings is 1. The van der Waals surface area contributed by atoms with Crippen molar-refractivity contribution in [3.8, 4) is 0 Å². The number of hydrogen-bond acceptors (Lipinski definition) is 2. The molecular formula is C12H16F2N2O. The number of hydrogen-bond donors (Lipinski definition) is 2. The van der Waals surface area contributed by atoms with Crippen LogP contribution in [0.15, 0.2) is 12.1 Å². The molecule has 17 heavy (non-hydrogen) atoms. The van der Waals surface area contributed by atoms with E-state index in [0.29, 0.717) is 0 Å². The first-order valence-corrected chi connectivity index (χ1v) is 5.33. The second kappa shape index (κ2) is 5.23. The van der Waals surface area contributed by atoms with Crippen molar-refractivity contribution < 1.29 is 13.6 Å². The molecule has 0 heterocycles. The van der Waals surface area contributed by atoms with Crippen molar-refractivity contribution in [2.45, 2.75) is 32.9 Å². The van der Waals surface area contributed by atoms with Crippen LogP contribution in [-0.4, -0.2) is 11.9 Å². The van der Waals surface area contributed by atoms with Crippen LogP contribution in [0, 0.1) is 18.6 Å². The number of primary amides is 1. The molecule has 0 aliphatic rings. The summed E-state index contributed by atoms with van der Waals surface area (Å²) in [5.74, 6) is -1.51. The highest BCUT2D eigenvalue weighted by Gasteiger charge is 2.17. The highest BCUT2D eigenvalue weighted by molar-refractivity contribution is 5.79. The average molecular weight is 242 g/mol. The fourth-order valence-corrected chi connectivity index (χ4v) is 1.54. The minimum atomic E-state index is -0.603. The van der Waals surface area contributed by atoms with Gasteiger partial charge in [-0.25, -0.2) is 8.78 Å². The van der Waals surface area contributed by atoms with E-state index in [1.54, 1.807) is 13.8 Å². The van der Waals surface area contributed by atoms with E-state index in [1.165, 1.54) is 6.92 Å². The minimum absolute atomic E-state index is 0.182. The molecule has 1 rings (SSSR count). The molecular weight excluding hydrogens is 226 g/mol. The Kier molecular flexibility index (Phi) is 4.17. The largest absolute Gasteiger partial charge is 0.368 e. The number of rotatable bonds is 4. The fraction of sp³-hybridized carbons (Fsp3) is 0.417. The Bertz CT molecular complexity index is 435. The van der Waals surface area contributed by atoms with Gasteiger partial charge in [0, 0.05) is 11.6 Å². The number of amides is 1. The van der Waals surface area contributed by atoms with E-state index in [2.05, 4.69) is 5.32 Å². The molecule has 2 atom stereocenters. The summed E-state index contributed by atoms with van der Waals surface area (Å²) in [6.45, 7) is 4.71. The summed E-state index contributed by atoms with van der Waals surface area (Å²) in [5, 5.41) is 2.80. The van der Waals surface area contributed by atoms with Crippen LogP contribution in [0.3, 0.4) is 0 Å². The number of aryl methyl sites for hydroxylation is 1. The summed E-state index contributed by atoms with van der Waals surface area (Å²) in [6.07, 6.45) is 0. The fourth-order valence-electron chi connectivity index (χ4n) is 1.54. The molecule has 0 fully saturated rings. The quantitative estimate of drug-likeness (QED) is 0.845. The van der Waals surface area contributed by atoms with Crippen molar-refractivity contribution in [2.24, 2.45) is 5.73 Å². The number of nitrogens with one attached hydrogen (secondary N) is 1. The smallest absolute Gasteiger partial charge is 0.234 e. The van der Waals surface area contributed by atoms with E-state index in [9.17, 15) is 13.6 Å². The van der Waals surface area contributed by atoms with Crippen molar-refractivity contribution in [2.75, 3.05) is 0 Å². The normalized spacial score (nSPS) is 14.4. The third-order valence-electron chi connectivity index (χ3n) is 2.67. The predicted octanol–water partition coefficient (Wildman–Crippen LogP) is 1.80. The summed E-state index contributed by atoms with van der Waals surface area (Å²) >= 11 is 0. The summed E-state index contributed by atoms with van der Waals surface area (Å²) in [4.78, 5) is 10.9. The number of carbonyl (C=O) groups is 1. The molecule has 1 aromatic rings. The zero-order valence-corrected chi connectivity index (χ0v) is 10.1. The summed E-state index contributed by atoms with van der Waals surface area (Å²) in [7, 11) is 0. The van der Waals surface area contributed by atoms with Crippen LogP contribution in [0.4, 0.5) is 8.78 Å². The maximum absolute atomic E-state index is 13.6. The molecule has 0 aromatic heterocycles. The van der Waals surface area contributed by atoms with E-state index in [0.717, 1.165) is 12.1 Å². The Morgan fingerprint density at radius 1 is 1.29 bits per heavy atom. The Labute approximate surface area is 99.0 Å². The van der Waals surface area contributed by atoms with Crippen LogP contribution in [0.5, 0.6) is 0 Å². The highest BCUT2D eigenvalue weighted by Crippen LogP contribution is 2.20. The third-order valence-corrected chi connectivity index (χ3v) is 2.67. The molecule has 5 heteroatoms. The molecule has 0 saturated heterocycles. The molecule has 0 radical (unpaired) electrons. The molecule has 0 saturated carbocycles. The lowest BCUT2D eigenvalue weighted by Crippen LogP contribution is -2.40. The minimum Gasteiger partial charge on any atom is -0.368 e. The van der Waals surface area contributed by atoms with Crippen molar-refractivity contribution in [3.05, 3.63) is 34.9 Å². The van der Waals surface area contributed by atoms with Gasteiger partial charge < -0.3 is 5.73 Å². The van der Waals surface area contributed by atoms with E-state index in [-0.39, 0.29) is 11.1 Å². The van der Waals surface area contributed by atoms with Gasteiger partial charge in [0.1, 0.15) is 11.6 Å². The van der Waals surface area contributed by atoms with Gasteiger partial charge in [-0.2, -0.15) is 0 Å². The zero-order valence-electron chi connectivity index (χ0n) is 10.1. The highest BCUT2D eigenvalue weighted by atomic mass is 19.1. The molecule has 3 N–H and O–H groups in total. The lowest BCUT2D eigenvalue weighted by atomic mass is 10.0. The Balaban J connectivity index is 2.92. The van der Waals surface area contributed by atoms with Gasteiger partial charge >= 0.3 is 0 Å². The number of carbonyl (C=O) groups excluding carboxylic acids is 1. The van der Waals surface area contributed by atoms with Crippen LogP contribution in [0.2, 0.25) is 0 Å². The van der Waals surface area contributed by atoms with Crippen molar-refractivity contribution in [3.63, 3.8) is 0 Å². The Hall–Kier alpha value is -1.49. The van der Waals surface area contributed by atoms with Crippen LogP contribution in [0.1, 0.15) is 31.0 Å². The van der Waals surface area contributed by atoms with Crippen LogP contribution >= 0.6 is 0 Å². The Morgan fingerprint density at radius 3 is 2.41 bits per heavy atom. The maximum Gasteiger partial charge on any atom is 0.234 e. The molecule has 2 unspecified atom stereocenters. The molecule has 0 bridgehead atoms. The van der Waals surface area contributed by atoms with Crippen LogP contribution in [-0.2, 0) is 4.79 Å². The molecule has 94 valence electrons.